The van der Waals surface area contributed by atoms with Crippen molar-refractivity contribution in [3.63, 3.8) is 0 Å². The molecule has 1 rings (SSSR count). The van der Waals surface area contributed by atoms with Crippen LogP contribution in [0.25, 0.3) is 0 Å². The average molecular weight is 167 g/mol. The van der Waals surface area contributed by atoms with Crippen molar-refractivity contribution >= 4 is 5.69 Å². The van der Waals surface area contributed by atoms with E-state index in [1.807, 2.05) is 18.5 Å². The molecule has 0 fully saturated rings. The molecule has 0 aliphatic rings. The van der Waals surface area contributed by atoms with Gasteiger partial charge in [-0.05, 0) is 18.5 Å². The average Bonchev–Trinajstić information content (AvgIpc) is 2.59. The summed E-state index contributed by atoms with van der Waals surface area (Å²) in [6.07, 6.45) is 4.99. The lowest BCUT2D eigenvalue weighted by atomic mass is 10.1. The molecule has 12 heavy (non-hydrogen) atoms. The third kappa shape index (κ3) is 2.58. The summed E-state index contributed by atoms with van der Waals surface area (Å²) in [7, 11) is 0. The van der Waals surface area contributed by atoms with Crippen LogP contribution in [0.3, 0.4) is 0 Å². The molecule has 3 heteroatoms. The van der Waals surface area contributed by atoms with Crippen LogP contribution in [0.4, 0.5) is 5.69 Å². The number of H-pyrrole nitrogens is 1. The molecule has 4 N–H and O–H groups in total. The normalized spacial score (nSPS) is 12.8. The molecule has 0 amide bonds. The number of aromatic nitrogens is 1. The first kappa shape index (κ1) is 9.13. The van der Waals surface area contributed by atoms with E-state index in [9.17, 15) is 0 Å². The van der Waals surface area contributed by atoms with Gasteiger partial charge in [0.05, 0.1) is 5.69 Å². The summed E-state index contributed by atoms with van der Waals surface area (Å²) in [4.78, 5) is 3.00. The molecule has 1 heterocycles. The molecule has 0 saturated carbocycles. The number of rotatable bonds is 5. The molecular formula is C9H17N3. The first-order chi connectivity index (χ1) is 5.86. The lowest BCUT2D eigenvalue weighted by Crippen LogP contribution is -2.21. The summed E-state index contributed by atoms with van der Waals surface area (Å²) in [6.45, 7) is 3.88. The molecule has 1 aromatic heterocycles. The van der Waals surface area contributed by atoms with Gasteiger partial charge in [-0.2, -0.15) is 0 Å². The molecule has 68 valence electrons. The number of hydrogen-bond acceptors (Lipinski definition) is 2. The molecule has 0 saturated heterocycles. The molecule has 0 radical (unpaired) electrons. The molecule has 0 bridgehead atoms. The van der Waals surface area contributed by atoms with E-state index in [1.54, 1.807) is 0 Å². The predicted molar refractivity (Wildman–Crippen MR) is 52.1 cm³/mol. The molecule has 0 aromatic carbocycles. The van der Waals surface area contributed by atoms with Crippen molar-refractivity contribution in [3.8, 4) is 0 Å². The number of nitrogens with two attached hydrogens (primary N) is 1. The molecule has 1 unspecified atom stereocenters. The van der Waals surface area contributed by atoms with Crippen molar-refractivity contribution in [1.29, 1.82) is 0 Å². The Morgan fingerprint density at radius 3 is 3.00 bits per heavy atom. The van der Waals surface area contributed by atoms with Crippen molar-refractivity contribution in [3.05, 3.63) is 18.5 Å². The minimum Gasteiger partial charge on any atom is -0.383 e. The predicted octanol–water partition coefficient (Wildman–Crippen LogP) is 1.41. The maximum absolute atomic E-state index is 5.57. The van der Waals surface area contributed by atoms with Crippen LogP contribution in [0.15, 0.2) is 18.5 Å². The van der Waals surface area contributed by atoms with Crippen molar-refractivity contribution in [1.82, 2.24) is 4.98 Å². The van der Waals surface area contributed by atoms with Crippen LogP contribution in [0.2, 0.25) is 0 Å². The zero-order chi connectivity index (χ0) is 8.81. The highest BCUT2D eigenvalue weighted by Gasteiger charge is 2.02. The van der Waals surface area contributed by atoms with Gasteiger partial charge in [0.25, 0.3) is 0 Å². The van der Waals surface area contributed by atoms with E-state index in [2.05, 4.69) is 17.2 Å². The van der Waals surface area contributed by atoms with E-state index in [0.29, 0.717) is 5.92 Å². The smallest absolute Gasteiger partial charge is 0.0517 e. The topological polar surface area (TPSA) is 53.8 Å². The number of anilines is 1. The summed E-state index contributed by atoms with van der Waals surface area (Å²) >= 11 is 0. The zero-order valence-electron chi connectivity index (χ0n) is 7.51. The summed E-state index contributed by atoms with van der Waals surface area (Å²) < 4.78 is 0. The van der Waals surface area contributed by atoms with E-state index < -0.39 is 0 Å². The first-order valence-corrected chi connectivity index (χ1v) is 4.43. The first-order valence-electron chi connectivity index (χ1n) is 4.43. The third-order valence-corrected chi connectivity index (χ3v) is 2.10. The van der Waals surface area contributed by atoms with Gasteiger partial charge in [0.1, 0.15) is 0 Å². The maximum Gasteiger partial charge on any atom is 0.0517 e. The van der Waals surface area contributed by atoms with Gasteiger partial charge < -0.3 is 16.0 Å². The Kier molecular flexibility index (Phi) is 3.67. The highest BCUT2D eigenvalue weighted by atomic mass is 14.9. The van der Waals surface area contributed by atoms with Crippen molar-refractivity contribution < 1.29 is 0 Å². The SMILES string of the molecule is CCC(CN)CNc1cc[nH]c1. The van der Waals surface area contributed by atoms with Crippen LogP contribution in [0, 0.1) is 5.92 Å². The maximum atomic E-state index is 5.57. The van der Waals surface area contributed by atoms with E-state index >= 15 is 0 Å². The molecule has 1 atom stereocenters. The lowest BCUT2D eigenvalue weighted by Gasteiger charge is -2.12. The van der Waals surface area contributed by atoms with Gasteiger partial charge in [-0.25, -0.2) is 0 Å². The quantitative estimate of drug-likeness (QED) is 0.621. The highest BCUT2D eigenvalue weighted by Crippen LogP contribution is 2.06. The Labute approximate surface area is 73.4 Å². The standard InChI is InChI=1S/C9H17N3/c1-2-8(5-10)6-12-9-3-4-11-7-9/h3-4,7-8,11-12H,2,5-6,10H2,1H3. The van der Waals surface area contributed by atoms with Crippen LogP contribution in [0.5, 0.6) is 0 Å². The Morgan fingerprint density at radius 2 is 2.50 bits per heavy atom. The van der Waals surface area contributed by atoms with Gasteiger partial charge in [-0.3, -0.25) is 0 Å². The third-order valence-electron chi connectivity index (χ3n) is 2.10. The second-order valence-corrected chi connectivity index (χ2v) is 2.99. The van der Waals surface area contributed by atoms with Gasteiger partial charge in [0.2, 0.25) is 0 Å². The Hall–Kier alpha value is -0.960. The summed E-state index contributed by atoms with van der Waals surface area (Å²) in [5.74, 6) is 0.583. The van der Waals surface area contributed by atoms with Gasteiger partial charge >= 0.3 is 0 Å². The summed E-state index contributed by atoms with van der Waals surface area (Å²) in [6, 6.07) is 2.02. The lowest BCUT2D eigenvalue weighted by molar-refractivity contribution is 0.548. The van der Waals surface area contributed by atoms with E-state index in [1.165, 1.54) is 0 Å². The van der Waals surface area contributed by atoms with E-state index in [-0.39, 0.29) is 0 Å². The van der Waals surface area contributed by atoms with Gasteiger partial charge in [-0.15, -0.1) is 0 Å². The Balaban J connectivity index is 2.25. The number of aromatic amines is 1. The Bertz CT molecular complexity index is 190. The monoisotopic (exact) mass is 167 g/mol. The van der Waals surface area contributed by atoms with Gasteiger partial charge in [-0.1, -0.05) is 13.3 Å². The highest BCUT2D eigenvalue weighted by molar-refractivity contribution is 5.40. The fourth-order valence-electron chi connectivity index (χ4n) is 1.09. The van der Waals surface area contributed by atoms with Crippen LogP contribution in [-0.2, 0) is 0 Å². The zero-order valence-corrected chi connectivity index (χ0v) is 7.51. The molecule has 0 aliphatic heterocycles. The Morgan fingerprint density at radius 1 is 1.67 bits per heavy atom. The summed E-state index contributed by atoms with van der Waals surface area (Å²) in [5.41, 5.74) is 6.72. The molecule has 0 aliphatic carbocycles. The second kappa shape index (κ2) is 4.83. The van der Waals surface area contributed by atoms with Gasteiger partial charge in [0.15, 0.2) is 0 Å². The molecule has 3 nitrogen and oxygen atoms in total. The minimum absolute atomic E-state index is 0.583. The number of hydrogen-bond donors (Lipinski definition) is 3. The van der Waals surface area contributed by atoms with E-state index in [0.717, 1.165) is 25.2 Å². The second-order valence-electron chi connectivity index (χ2n) is 2.99. The minimum atomic E-state index is 0.583. The molecule has 1 aromatic rings. The van der Waals surface area contributed by atoms with Crippen LogP contribution in [0.1, 0.15) is 13.3 Å². The van der Waals surface area contributed by atoms with Crippen molar-refractivity contribution in [2.75, 3.05) is 18.4 Å². The fraction of sp³-hybridized carbons (Fsp3) is 0.556. The fourth-order valence-corrected chi connectivity index (χ4v) is 1.09. The number of nitrogens with one attached hydrogen (secondary N) is 2. The van der Waals surface area contributed by atoms with Crippen LogP contribution < -0.4 is 11.1 Å². The van der Waals surface area contributed by atoms with Crippen LogP contribution in [-0.4, -0.2) is 18.1 Å². The van der Waals surface area contributed by atoms with Gasteiger partial charge in [0, 0.05) is 18.9 Å². The largest absolute Gasteiger partial charge is 0.383 e. The van der Waals surface area contributed by atoms with Crippen LogP contribution >= 0.6 is 0 Å². The molecule has 0 spiro atoms. The molecular weight excluding hydrogens is 150 g/mol. The van der Waals surface area contributed by atoms with Crippen molar-refractivity contribution in [2.24, 2.45) is 11.7 Å². The summed E-state index contributed by atoms with van der Waals surface area (Å²) in [5, 5.41) is 3.32. The van der Waals surface area contributed by atoms with Crippen molar-refractivity contribution in [2.45, 2.75) is 13.3 Å². The van der Waals surface area contributed by atoms with E-state index in [4.69, 9.17) is 5.73 Å².